The predicted octanol–water partition coefficient (Wildman–Crippen LogP) is 4.35. The predicted molar refractivity (Wildman–Crippen MR) is 104 cm³/mol. The third-order valence-electron chi connectivity index (χ3n) is 2.87. The monoisotopic (exact) mass is 358 g/mol. The Bertz CT molecular complexity index is 762. The zero-order chi connectivity index (χ0) is 17.4. The van der Waals surface area contributed by atoms with Crippen LogP contribution in [0.4, 0.5) is 0 Å². The molecule has 2 rings (SSSR count). The number of guanidine groups is 1. The summed E-state index contributed by atoms with van der Waals surface area (Å²) in [7, 11) is 0. The molecule has 0 atom stereocenters. The zero-order valence-electron chi connectivity index (χ0n) is 12.7. The summed E-state index contributed by atoms with van der Waals surface area (Å²) >= 11 is 11.9. The SMILES string of the molecule is NC(N)=NN=C(/C=C/c1cccc(Cl)c1)/C=C/c1cccc(Cl)c1. The Labute approximate surface area is 150 Å². The Morgan fingerprint density at radius 3 is 1.71 bits per heavy atom. The lowest BCUT2D eigenvalue weighted by Gasteiger charge is -1.97. The van der Waals surface area contributed by atoms with Crippen LogP contribution in [0.2, 0.25) is 10.0 Å². The molecule has 0 unspecified atom stereocenters. The summed E-state index contributed by atoms with van der Waals surface area (Å²) in [6, 6.07) is 14.9. The van der Waals surface area contributed by atoms with Gasteiger partial charge in [0.25, 0.3) is 0 Å². The molecule has 4 nitrogen and oxygen atoms in total. The van der Waals surface area contributed by atoms with Crippen molar-refractivity contribution >= 4 is 47.0 Å². The summed E-state index contributed by atoms with van der Waals surface area (Å²) in [5, 5.41) is 9.03. The molecular formula is C18H16Cl2N4. The molecular weight excluding hydrogens is 343 g/mol. The summed E-state index contributed by atoms with van der Waals surface area (Å²) in [5.74, 6) is -0.111. The standard InChI is InChI=1S/C18H16Cl2N4/c19-15-5-1-3-13(11-15)7-9-17(23-24-18(21)22)10-8-14-4-2-6-16(20)12-14/h1-12H,(H4,21,22,24)/b9-7+,10-8+. The Hall–Kier alpha value is -2.56. The van der Waals surface area contributed by atoms with Crippen LogP contribution in [0.15, 0.2) is 70.9 Å². The molecule has 0 bridgehead atoms. The number of rotatable bonds is 5. The van der Waals surface area contributed by atoms with Crippen LogP contribution in [0.25, 0.3) is 12.2 Å². The summed E-state index contributed by atoms with van der Waals surface area (Å²) in [4.78, 5) is 0. The van der Waals surface area contributed by atoms with Gasteiger partial charge in [-0.15, -0.1) is 10.2 Å². The molecule has 0 amide bonds. The minimum absolute atomic E-state index is 0.111. The third kappa shape index (κ3) is 6.28. The second-order valence-electron chi connectivity index (χ2n) is 4.83. The van der Waals surface area contributed by atoms with Crippen molar-refractivity contribution < 1.29 is 0 Å². The van der Waals surface area contributed by atoms with Gasteiger partial charge in [0.05, 0.1) is 5.71 Å². The maximum absolute atomic E-state index is 5.97. The Morgan fingerprint density at radius 2 is 1.29 bits per heavy atom. The molecule has 0 fully saturated rings. The van der Waals surface area contributed by atoms with Gasteiger partial charge in [0.15, 0.2) is 0 Å². The molecule has 122 valence electrons. The van der Waals surface area contributed by atoms with E-state index in [-0.39, 0.29) is 5.96 Å². The molecule has 0 aliphatic rings. The van der Waals surface area contributed by atoms with Gasteiger partial charge < -0.3 is 11.5 Å². The van der Waals surface area contributed by atoms with Crippen molar-refractivity contribution in [3.63, 3.8) is 0 Å². The van der Waals surface area contributed by atoms with E-state index in [1.165, 1.54) is 0 Å². The Morgan fingerprint density at radius 1 is 0.792 bits per heavy atom. The highest BCUT2D eigenvalue weighted by Gasteiger charge is 1.94. The van der Waals surface area contributed by atoms with Gasteiger partial charge in [-0.1, -0.05) is 59.6 Å². The quantitative estimate of drug-likeness (QED) is 0.473. The fraction of sp³-hybridized carbons (Fsp3) is 0. The lowest BCUT2D eigenvalue weighted by molar-refractivity contribution is 1.21. The van der Waals surface area contributed by atoms with Crippen molar-refractivity contribution in [2.24, 2.45) is 21.7 Å². The number of allylic oxidation sites excluding steroid dienone is 2. The fourth-order valence-corrected chi connectivity index (χ4v) is 2.22. The largest absolute Gasteiger partial charge is 0.369 e. The first kappa shape index (κ1) is 17.8. The molecule has 0 radical (unpaired) electrons. The normalized spacial score (nSPS) is 10.9. The van der Waals surface area contributed by atoms with Gasteiger partial charge in [0.1, 0.15) is 0 Å². The van der Waals surface area contributed by atoms with E-state index in [0.29, 0.717) is 15.8 Å². The minimum Gasteiger partial charge on any atom is -0.369 e. The van der Waals surface area contributed by atoms with E-state index >= 15 is 0 Å². The molecule has 4 N–H and O–H groups in total. The second kappa shape index (κ2) is 8.91. The van der Waals surface area contributed by atoms with Crippen LogP contribution in [0, 0.1) is 0 Å². The van der Waals surface area contributed by atoms with Crippen molar-refractivity contribution in [3.05, 3.63) is 81.9 Å². The lowest BCUT2D eigenvalue weighted by Crippen LogP contribution is -2.22. The Kier molecular flexibility index (Phi) is 6.61. The van der Waals surface area contributed by atoms with E-state index in [9.17, 15) is 0 Å². The van der Waals surface area contributed by atoms with Crippen LogP contribution in [0.3, 0.4) is 0 Å². The molecule has 0 aliphatic heterocycles. The van der Waals surface area contributed by atoms with Gasteiger partial charge >= 0.3 is 0 Å². The highest BCUT2D eigenvalue weighted by atomic mass is 35.5. The van der Waals surface area contributed by atoms with Gasteiger partial charge in [-0.05, 0) is 47.5 Å². The van der Waals surface area contributed by atoms with Crippen molar-refractivity contribution in [3.8, 4) is 0 Å². The summed E-state index contributed by atoms with van der Waals surface area (Å²) < 4.78 is 0. The maximum Gasteiger partial charge on any atom is 0.211 e. The summed E-state index contributed by atoms with van der Waals surface area (Å²) in [5.41, 5.74) is 13.1. The Balaban J connectivity index is 2.25. The molecule has 2 aromatic carbocycles. The average molecular weight is 359 g/mol. The van der Waals surface area contributed by atoms with Gasteiger partial charge in [-0.3, -0.25) is 0 Å². The number of halogens is 2. The lowest BCUT2D eigenvalue weighted by atomic mass is 10.1. The third-order valence-corrected chi connectivity index (χ3v) is 3.34. The van der Waals surface area contributed by atoms with E-state index < -0.39 is 0 Å². The average Bonchev–Trinajstić information content (AvgIpc) is 2.54. The van der Waals surface area contributed by atoms with Crippen LogP contribution in [-0.4, -0.2) is 11.7 Å². The fourth-order valence-electron chi connectivity index (χ4n) is 1.82. The molecule has 0 saturated carbocycles. The number of nitrogens with zero attached hydrogens (tertiary/aromatic N) is 2. The van der Waals surface area contributed by atoms with E-state index in [0.717, 1.165) is 11.1 Å². The van der Waals surface area contributed by atoms with Crippen LogP contribution in [-0.2, 0) is 0 Å². The molecule has 0 aliphatic carbocycles. The molecule has 0 heterocycles. The molecule has 0 spiro atoms. The molecule has 0 saturated heterocycles. The van der Waals surface area contributed by atoms with Crippen molar-refractivity contribution in [1.82, 2.24) is 0 Å². The van der Waals surface area contributed by atoms with Crippen molar-refractivity contribution in [2.45, 2.75) is 0 Å². The zero-order valence-corrected chi connectivity index (χ0v) is 14.2. The highest BCUT2D eigenvalue weighted by molar-refractivity contribution is 6.31. The minimum atomic E-state index is -0.111. The van der Waals surface area contributed by atoms with E-state index in [4.69, 9.17) is 34.7 Å². The van der Waals surface area contributed by atoms with Crippen LogP contribution >= 0.6 is 23.2 Å². The van der Waals surface area contributed by atoms with Gasteiger partial charge in [-0.2, -0.15) is 0 Å². The van der Waals surface area contributed by atoms with Crippen LogP contribution in [0.5, 0.6) is 0 Å². The second-order valence-corrected chi connectivity index (χ2v) is 5.70. The van der Waals surface area contributed by atoms with E-state index in [1.807, 2.05) is 60.7 Å². The first-order valence-electron chi connectivity index (χ1n) is 7.07. The number of nitrogens with two attached hydrogens (primary N) is 2. The topological polar surface area (TPSA) is 76.8 Å². The van der Waals surface area contributed by atoms with Crippen LogP contribution in [0.1, 0.15) is 11.1 Å². The smallest absolute Gasteiger partial charge is 0.211 e. The summed E-state index contributed by atoms with van der Waals surface area (Å²) in [6.07, 6.45) is 7.32. The van der Waals surface area contributed by atoms with E-state index in [2.05, 4.69) is 10.2 Å². The first-order chi connectivity index (χ1) is 11.5. The first-order valence-corrected chi connectivity index (χ1v) is 7.82. The van der Waals surface area contributed by atoms with Crippen molar-refractivity contribution in [2.75, 3.05) is 0 Å². The maximum atomic E-state index is 5.97. The molecule has 24 heavy (non-hydrogen) atoms. The summed E-state index contributed by atoms with van der Waals surface area (Å²) in [6.45, 7) is 0. The van der Waals surface area contributed by atoms with Crippen molar-refractivity contribution in [1.29, 1.82) is 0 Å². The van der Waals surface area contributed by atoms with Gasteiger partial charge in [0.2, 0.25) is 5.96 Å². The molecule has 0 aromatic heterocycles. The van der Waals surface area contributed by atoms with Crippen LogP contribution < -0.4 is 11.5 Å². The number of benzene rings is 2. The van der Waals surface area contributed by atoms with Gasteiger partial charge in [0, 0.05) is 10.0 Å². The number of hydrogen-bond acceptors (Lipinski definition) is 2. The molecule has 6 heteroatoms. The molecule has 2 aromatic rings. The highest BCUT2D eigenvalue weighted by Crippen LogP contribution is 2.13. The number of hydrogen-bond donors (Lipinski definition) is 2. The van der Waals surface area contributed by atoms with E-state index in [1.54, 1.807) is 12.2 Å². The van der Waals surface area contributed by atoms with Gasteiger partial charge in [-0.25, -0.2) is 0 Å².